The van der Waals surface area contributed by atoms with Crippen molar-refractivity contribution in [1.82, 2.24) is 5.32 Å². The molecule has 0 spiro atoms. The van der Waals surface area contributed by atoms with E-state index in [1.807, 2.05) is 0 Å². The van der Waals surface area contributed by atoms with Crippen LogP contribution in [0.3, 0.4) is 0 Å². The van der Waals surface area contributed by atoms with Crippen molar-refractivity contribution in [3.05, 3.63) is 64.7 Å². The average molecular weight is 288 g/mol. The Balaban J connectivity index is 1.64. The Bertz CT molecular complexity index is 641. The van der Waals surface area contributed by atoms with E-state index in [1.165, 1.54) is 29.3 Å². The van der Waals surface area contributed by atoms with Crippen molar-refractivity contribution in [3.63, 3.8) is 0 Å². The first-order chi connectivity index (χ1) is 10.2. The first kappa shape index (κ1) is 14.0. The van der Waals surface area contributed by atoms with E-state index < -0.39 is 11.6 Å². The van der Waals surface area contributed by atoms with Gasteiger partial charge in [-0.05, 0) is 41.7 Å². The SMILES string of the molecule is Fc1ccc(CNCc2cccc3c2NCCC3)cc1F. The van der Waals surface area contributed by atoms with Gasteiger partial charge in [0.2, 0.25) is 0 Å². The lowest BCUT2D eigenvalue weighted by Gasteiger charge is -2.21. The molecule has 3 rings (SSSR count). The van der Waals surface area contributed by atoms with Crippen molar-refractivity contribution in [3.8, 4) is 0 Å². The van der Waals surface area contributed by atoms with Crippen molar-refractivity contribution in [2.45, 2.75) is 25.9 Å². The van der Waals surface area contributed by atoms with Gasteiger partial charge in [-0.3, -0.25) is 0 Å². The van der Waals surface area contributed by atoms with Gasteiger partial charge in [0, 0.05) is 25.3 Å². The van der Waals surface area contributed by atoms with Crippen LogP contribution in [-0.4, -0.2) is 6.54 Å². The molecule has 0 atom stereocenters. The second kappa shape index (κ2) is 6.22. The van der Waals surface area contributed by atoms with Gasteiger partial charge in [-0.25, -0.2) is 8.78 Å². The molecule has 0 amide bonds. The molecular formula is C17H18F2N2. The average Bonchev–Trinajstić information content (AvgIpc) is 2.51. The van der Waals surface area contributed by atoms with E-state index in [-0.39, 0.29) is 0 Å². The number of aryl methyl sites for hydroxylation is 1. The maximum absolute atomic E-state index is 13.1. The highest BCUT2D eigenvalue weighted by molar-refractivity contribution is 5.59. The van der Waals surface area contributed by atoms with Crippen LogP contribution in [0.15, 0.2) is 36.4 Å². The third-order valence-electron chi connectivity index (χ3n) is 3.79. The summed E-state index contributed by atoms with van der Waals surface area (Å²) in [5, 5.41) is 6.73. The molecule has 0 saturated heterocycles. The predicted octanol–water partition coefficient (Wildman–Crippen LogP) is 3.61. The molecule has 21 heavy (non-hydrogen) atoms. The maximum atomic E-state index is 13.1. The molecule has 0 aliphatic carbocycles. The van der Waals surface area contributed by atoms with Crippen molar-refractivity contribution in [1.29, 1.82) is 0 Å². The van der Waals surface area contributed by atoms with E-state index in [9.17, 15) is 8.78 Å². The third kappa shape index (κ3) is 3.22. The van der Waals surface area contributed by atoms with Crippen LogP contribution in [0.25, 0.3) is 0 Å². The van der Waals surface area contributed by atoms with Crippen molar-refractivity contribution < 1.29 is 8.78 Å². The molecule has 0 bridgehead atoms. The Morgan fingerprint density at radius 1 is 1.05 bits per heavy atom. The van der Waals surface area contributed by atoms with E-state index in [4.69, 9.17) is 0 Å². The summed E-state index contributed by atoms with van der Waals surface area (Å²) >= 11 is 0. The normalized spacial score (nSPS) is 13.6. The van der Waals surface area contributed by atoms with Gasteiger partial charge in [0.1, 0.15) is 0 Å². The Morgan fingerprint density at radius 3 is 2.81 bits per heavy atom. The summed E-state index contributed by atoms with van der Waals surface area (Å²) in [6, 6.07) is 10.3. The summed E-state index contributed by atoms with van der Waals surface area (Å²) in [4.78, 5) is 0. The summed E-state index contributed by atoms with van der Waals surface area (Å²) in [7, 11) is 0. The van der Waals surface area contributed by atoms with Crippen LogP contribution in [0.4, 0.5) is 14.5 Å². The summed E-state index contributed by atoms with van der Waals surface area (Å²) in [6.45, 7) is 2.23. The molecule has 2 nitrogen and oxygen atoms in total. The number of para-hydroxylation sites is 1. The fraction of sp³-hybridized carbons (Fsp3) is 0.294. The fourth-order valence-electron chi connectivity index (χ4n) is 2.72. The zero-order valence-corrected chi connectivity index (χ0v) is 11.8. The maximum Gasteiger partial charge on any atom is 0.159 e. The molecule has 0 radical (unpaired) electrons. The number of nitrogens with one attached hydrogen (secondary N) is 2. The number of hydrogen-bond donors (Lipinski definition) is 2. The zero-order valence-electron chi connectivity index (χ0n) is 11.8. The fourth-order valence-corrected chi connectivity index (χ4v) is 2.72. The molecule has 0 unspecified atom stereocenters. The molecule has 2 N–H and O–H groups in total. The minimum absolute atomic E-state index is 0.515. The summed E-state index contributed by atoms with van der Waals surface area (Å²) in [5.41, 5.74) is 4.54. The molecule has 1 aliphatic heterocycles. The Hall–Kier alpha value is -1.94. The molecular weight excluding hydrogens is 270 g/mol. The van der Waals surface area contributed by atoms with Crippen molar-refractivity contribution in [2.24, 2.45) is 0 Å². The largest absolute Gasteiger partial charge is 0.385 e. The number of rotatable bonds is 4. The highest BCUT2D eigenvalue weighted by atomic mass is 19.2. The topological polar surface area (TPSA) is 24.1 Å². The molecule has 4 heteroatoms. The van der Waals surface area contributed by atoms with Crippen LogP contribution in [-0.2, 0) is 19.5 Å². The quantitative estimate of drug-likeness (QED) is 0.898. The molecule has 0 aromatic heterocycles. The standard InChI is InChI=1S/C17H18F2N2/c18-15-7-6-12(9-16(15)19)10-20-11-14-4-1-3-13-5-2-8-21-17(13)14/h1,3-4,6-7,9,20-21H,2,5,8,10-11H2. The Kier molecular flexibility index (Phi) is 4.15. The van der Waals surface area contributed by atoms with Gasteiger partial charge in [-0.15, -0.1) is 0 Å². The molecule has 110 valence electrons. The van der Waals surface area contributed by atoms with Gasteiger partial charge in [0.15, 0.2) is 11.6 Å². The zero-order chi connectivity index (χ0) is 14.7. The van der Waals surface area contributed by atoms with Crippen LogP contribution >= 0.6 is 0 Å². The minimum atomic E-state index is -0.805. The van der Waals surface area contributed by atoms with Crippen molar-refractivity contribution in [2.75, 3.05) is 11.9 Å². The van der Waals surface area contributed by atoms with E-state index >= 15 is 0 Å². The molecule has 0 saturated carbocycles. The summed E-state index contributed by atoms with van der Waals surface area (Å²) in [5.74, 6) is -1.60. The van der Waals surface area contributed by atoms with Crippen molar-refractivity contribution >= 4 is 5.69 Å². The monoisotopic (exact) mass is 288 g/mol. The first-order valence-electron chi connectivity index (χ1n) is 7.23. The summed E-state index contributed by atoms with van der Waals surface area (Å²) in [6.07, 6.45) is 2.28. The van der Waals surface area contributed by atoms with Crippen LogP contribution in [0.5, 0.6) is 0 Å². The van der Waals surface area contributed by atoms with E-state index in [2.05, 4.69) is 28.8 Å². The lowest BCUT2D eigenvalue weighted by molar-refractivity contribution is 0.506. The minimum Gasteiger partial charge on any atom is -0.385 e. The van der Waals surface area contributed by atoms with E-state index in [0.29, 0.717) is 13.1 Å². The third-order valence-corrected chi connectivity index (χ3v) is 3.79. The number of fused-ring (bicyclic) bond motifs is 1. The first-order valence-corrected chi connectivity index (χ1v) is 7.23. The second-order valence-electron chi connectivity index (χ2n) is 5.33. The van der Waals surface area contributed by atoms with Crippen LogP contribution in [0, 0.1) is 11.6 Å². The van der Waals surface area contributed by atoms with Gasteiger partial charge in [0.05, 0.1) is 0 Å². The molecule has 2 aromatic rings. The lowest BCUT2D eigenvalue weighted by Crippen LogP contribution is -2.18. The lowest BCUT2D eigenvalue weighted by atomic mass is 9.99. The van der Waals surface area contributed by atoms with Gasteiger partial charge in [0.25, 0.3) is 0 Å². The van der Waals surface area contributed by atoms with Crippen LogP contribution in [0.2, 0.25) is 0 Å². The smallest absolute Gasteiger partial charge is 0.159 e. The van der Waals surface area contributed by atoms with Gasteiger partial charge in [-0.1, -0.05) is 24.3 Å². The number of anilines is 1. The Morgan fingerprint density at radius 2 is 1.95 bits per heavy atom. The molecule has 1 heterocycles. The second-order valence-corrected chi connectivity index (χ2v) is 5.33. The number of hydrogen-bond acceptors (Lipinski definition) is 2. The highest BCUT2D eigenvalue weighted by Gasteiger charge is 2.11. The number of halogens is 2. The van der Waals surface area contributed by atoms with Crippen LogP contribution in [0.1, 0.15) is 23.1 Å². The number of benzene rings is 2. The summed E-state index contributed by atoms with van der Waals surface area (Å²) < 4.78 is 26.0. The van der Waals surface area contributed by atoms with Gasteiger partial charge >= 0.3 is 0 Å². The predicted molar refractivity (Wildman–Crippen MR) is 80.2 cm³/mol. The molecule has 1 aliphatic rings. The van der Waals surface area contributed by atoms with Gasteiger partial charge in [-0.2, -0.15) is 0 Å². The van der Waals surface area contributed by atoms with E-state index in [1.54, 1.807) is 6.07 Å². The van der Waals surface area contributed by atoms with Gasteiger partial charge < -0.3 is 10.6 Å². The van der Waals surface area contributed by atoms with E-state index in [0.717, 1.165) is 24.6 Å². The van der Waals surface area contributed by atoms with Crippen LogP contribution < -0.4 is 10.6 Å². The molecule has 2 aromatic carbocycles. The Labute approximate surface area is 123 Å². The molecule has 0 fully saturated rings. The highest BCUT2D eigenvalue weighted by Crippen LogP contribution is 2.25.